The fourth-order valence-corrected chi connectivity index (χ4v) is 4.17. The molecule has 0 radical (unpaired) electrons. The second-order valence-electron chi connectivity index (χ2n) is 6.86. The summed E-state index contributed by atoms with van der Waals surface area (Å²) in [5.41, 5.74) is 5.84. The highest BCUT2D eigenvalue weighted by molar-refractivity contribution is 7.98. The molecule has 0 spiro atoms. The van der Waals surface area contributed by atoms with Crippen LogP contribution in [0.3, 0.4) is 0 Å². The number of benzene rings is 3. The lowest BCUT2D eigenvalue weighted by Crippen LogP contribution is -2.14. The number of methoxy groups -OCH3 is 1. The van der Waals surface area contributed by atoms with Gasteiger partial charge in [0.05, 0.1) is 7.11 Å². The molecule has 0 bridgehead atoms. The Morgan fingerprint density at radius 1 is 0.964 bits per heavy atom. The predicted molar refractivity (Wildman–Crippen MR) is 118 cm³/mol. The van der Waals surface area contributed by atoms with Gasteiger partial charge >= 0.3 is 0 Å². The Kier molecular flexibility index (Phi) is 6.42. The molecule has 1 N–H and O–H groups in total. The molecular formula is C24H25NO2S. The van der Waals surface area contributed by atoms with Gasteiger partial charge in [-0.05, 0) is 62.2 Å². The topological polar surface area (TPSA) is 38.3 Å². The predicted octanol–water partition coefficient (Wildman–Crippen LogP) is 6.17. The standard InChI is InChI=1S/C24H25NO2S/c1-16-12-17(2)23(18(3)13-16)25-24(26)19-10-11-22(27-4)20(14-19)15-28-21-8-6-5-7-9-21/h5-14H,15H2,1-4H3,(H,25,26). The molecule has 0 unspecified atom stereocenters. The Balaban J connectivity index is 1.81. The number of aryl methyl sites for hydroxylation is 3. The highest BCUT2D eigenvalue weighted by atomic mass is 32.2. The first-order valence-electron chi connectivity index (χ1n) is 9.22. The third-order valence-electron chi connectivity index (χ3n) is 4.60. The summed E-state index contributed by atoms with van der Waals surface area (Å²) in [5.74, 6) is 1.42. The fraction of sp³-hybridized carbons (Fsp3) is 0.208. The molecule has 0 heterocycles. The van der Waals surface area contributed by atoms with Crippen molar-refractivity contribution in [3.8, 4) is 5.75 Å². The summed E-state index contributed by atoms with van der Waals surface area (Å²) in [6.45, 7) is 6.10. The van der Waals surface area contributed by atoms with Gasteiger partial charge in [0.25, 0.3) is 5.91 Å². The first-order valence-corrected chi connectivity index (χ1v) is 10.2. The van der Waals surface area contributed by atoms with Gasteiger partial charge in [-0.3, -0.25) is 4.79 Å². The van der Waals surface area contributed by atoms with E-state index in [0.717, 1.165) is 33.9 Å². The molecule has 0 atom stereocenters. The van der Waals surface area contributed by atoms with E-state index < -0.39 is 0 Å². The summed E-state index contributed by atoms with van der Waals surface area (Å²) in [6.07, 6.45) is 0. The smallest absolute Gasteiger partial charge is 0.255 e. The van der Waals surface area contributed by atoms with E-state index in [4.69, 9.17) is 4.74 Å². The number of anilines is 1. The number of carbonyl (C=O) groups excluding carboxylic acids is 1. The van der Waals surface area contributed by atoms with E-state index in [9.17, 15) is 4.79 Å². The lowest BCUT2D eigenvalue weighted by atomic mass is 10.0. The molecule has 4 heteroatoms. The number of amides is 1. The Morgan fingerprint density at radius 2 is 1.64 bits per heavy atom. The maximum absolute atomic E-state index is 12.9. The molecule has 0 aliphatic heterocycles. The minimum absolute atomic E-state index is 0.108. The number of thioether (sulfide) groups is 1. The lowest BCUT2D eigenvalue weighted by molar-refractivity contribution is 0.102. The monoisotopic (exact) mass is 391 g/mol. The van der Waals surface area contributed by atoms with Gasteiger partial charge in [0.15, 0.2) is 0 Å². The number of hydrogen-bond donors (Lipinski definition) is 1. The molecule has 0 saturated carbocycles. The zero-order chi connectivity index (χ0) is 20.1. The molecule has 0 aliphatic carbocycles. The minimum atomic E-state index is -0.108. The van der Waals surface area contributed by atoms with Crippen molar-refractivity contribution in [2.75, 3.05) is 12.4 Å². The molecule has 28 heavy (non-hydrogen) atoms. The fourth-order valence-electron chi connectivity index (χ4n) is 3.27. The number of rotatable bonds is 6. The third kappa shape index (κ3) is 4.76. The van der Waals surface area contributed by atoms with E-state index in [2.05, 4.69) is 36.5 Å². The van der Waals surface area contributed by atoms with Gasteiger partial charge in [0.2, 0.25) is 0 Å². The normalized spacial score (nSPS) is 10.6. The summed E-state index contributed by atoms with van der Waals surface area (Å²) >= 11 is 1.72. The number of ether oxygens (including phenoxy) is 1. The maximum Gasteiger partial charge on any atom is 0.255 e. The quantitative estimate of drug-likeness (QED) is 0.511. The van der Waals surface area contributed by atoms with Gasteiger partial charge in [-0.2, -0.15) is 0 Å². The van der Waals surface area contributed by atoms with E-state index in [1.807, 2.05) is 50.2 Å². The highest BCUT2D eigenvalue weighted by Gasteiger charge is 2.13. The summed E-state index contributed by atoms with van der Waals surface area (Å²) < 4.78 is 5.49. The molecule has 3 aromatic carbocycles. The van der Waals surface area contributed by atoms with Crippen LogP contribution < -0.4 is 10.1 Å². The van der Waals surface area contributed by atoms with Crippen LogP contribution in [0, 0.1) is 20.8 Å². The Bertz CT molecular complexity index is 960. The van der Waals surface area contributed by atoms with Crippen LogP contribution in [0.4, 0.5) is 5.69 Å². The van der Waals surface area contributed by atoms with Crippen molar-refractivity contribution in [2.45, 2.75) is 31.4 Å². The molecule has 3 nitrogen and oxygen atoms in total. The van der Waals surface area contributed by atoms with Crippen molar-refractivity contribution in [3.63, 3.8) is 0 Å². The van der Waals surface area contributed by atoms with Crippen LogP contribution >= 0.6 is 11.8 Å². The van der Waals surface area contributed by atoms with Crippen molar-refractivity contribution >= 4 is 23.4 Å². The van der Waals surface area contributed by atoms with E-state index in [1.54, 1.807) is 18.9 Å². The minimum Gasteiger partial charge on any atom is -0.496 e. The van der Waals surface area contributed by atoms with Gasteiger partial charge in [0.1, 0.15) is 5.75 Å². The zero-order valence-corrected chi connectivity index (χ0v) is 17.5. The van der Waals surface area contributed by atoms with E-state index in [1.165, 1.54) is 10.5 Å². The van der Waals surface area contributed by atoms with Crippen LogP contribution in [0.5, 0.6) is 5.75 Å². The molecule has 0 aromatic heterocycles. The van der Waals surface area contributed by atoms with Gasteiger partial charge in [-0.25, -0.2) is 0 Å². The Hall–Kier alpha value is -2.72. The van der Waals surface area contributed by atoms with E-state index >= 15 is 0 Å². The van der Waals surface area contributed by atoms with Gasteiger partial charge < -0.3 is 10.1 Å². The number of nitrogens with one attached hydrogen (secondary N) is 1. The largest absolute Gasteiger partial charge is 0.496 e. The molecule has 144 valence electrons. The van der Waals surface area contributed by atoms with Crippen LogP contribution in [-0.4, -0.2) is 13.0 Å². The van der Waals surface area contributed by atoms with Crippen molar-refractivity contribution in [3.05, 3.63) is 88.5 Å². The SMILES string of the molecule is COc1ccc(C(=O)Nc2c(C)cc(C)cc2C)cc1CSc1ccccc1. The van der Waals surface area contributed by atoms with Crippen LogP contribution in [0.2, 0.25) is 0 Å². The number of hydrogen-bond acceptors (Lipinski definition) is 3. The van der Waals surface area contributed by atoms with Crippen molar-refractivity contribution in [1.82, 2.24) is 0 Å². The summed E-state index contributed by atoms with van der Waals surface area (Å²) in [5, 5.41) is 3.07. The van der Waals surface area contributed by atoms with Gasteiger partial charge in [-0.15, -0.1) is 11.8 Å². The summed E-state index contributed by atoms with van der Waals surface area (Å²) in [6, 6.07) is 20.0. The first kappa shape index (κ1) is 20.0. The summed E-state index contributed by atoms with van der Waals surface area (Å²) in [4.78, 5) is 14.1. The van der Waals surface area contributed by atoms with Crippen LogP contribution in [-0.2, 0) is 5.75 Å². The maximum atomic E-state index is 12.9. The third-order valence-corrected chi connectivity index (χ3v) is 5.66. The molecule has 0 aliphatic rings. The van der Waals surface area contributed by atoms with E-state index in [-0.39, 0.29) is 5.91 Å². The van der Waals surface area contributed by atoms with Gasteiger partial charge in [-0.1, -0.05) is 35.9 Å². The van der Waals surface area contributed by atoms with Gasteiger partial charge in [0, 0.05) is 27.5 Å². The van der Waals surface area contributed by atoms with Crippen LogP contribution in [0.15, 0.2) is 65.6 Å². The average molecular weight is 392 g/mol. The van der Waals surface area contributed by atoms with Crippen LogP contribution in [0.1, 0.15) is 32.6 Å². The molecule has 3 rings (SSSR count). The van der Waals surface area contributed by atoms with E-state index in [0.29, 0.717) is 5.56 Å². The highest BCUT2D eigenvalue weighted by Crippen LogP contribution is 2.29. The average Bonchev–Trinajstić information content (AvgIpc) is 2.69. The Labute approximate surface area is 171 Å². The molecule has 0 saturated heterocycles. The first-order chi connectivity index (χ1) is 13.5. The number of carbonyl (C=O) groups is 1. The molecule has 3 aromatic rings. The van der Waals surface area contributed by atoms with Crippen molar-refractivity contribution < 1.29 is 9.53 Å². The van der Waals surface area contributed by atoms with Crippen molar-refractivity contribution in [2.24, 2.45) is 0 Å². The molecule has 1 amide bonds. The second-order valence-corrected chi connectivity index (χ2v) is 7.90. The Morgan fingerprint density at radius 3 is 2.29 bits per heavy atom. The lowest BCUT2D eigenvalue weighted by Gasteiger charge is -2.14. The second kappa shape index (κ2) is 8.98. The van der Waals surface area contributed by atoms with Crippen molar-refractivity contribution in [1.29, 1.82) is 0 Å². The molecular weight excluding hydrogens is 366 g/mol. The van der Waals surface area contributed by atoms with Crippen LogP contribution in [0.25, 0.3) is 0 Å². The molecule has 0 fully saturated rings. The zero-order valence-electron chi connectivity index (χ0n) is 16.7. The summed E-state index contributed by atoms with van der Waals surface area (Å²) in [7, 11) is 1.66.